The molecule has 1 N–H and O–H groups in total. The summed E-state index contributed by atoms with van der Waals surface area (Å²) in [6.07, 6.45) is 4.49. The van der Waals surface area contributed by atoms with Gasteiger partial charge in [0.2, 0.25) is 0 Å². The highest BCUT2D eigenvalue weighted by molar-refractivity contribution is 5.96. The predicted octanol–water partition coefficient (Wildman–Crippen LogP) is 4.02. The van der Waals surface area contributed by atoms with E-state index in [-0.39, 0.29) is 17.4 Å². The maximum absolute atomic E-state index is 13.4. The first-order valence-corrected chi connectivity index (χ1v) is 9.76. The molecule has 2 aromatic carbocycles. The number of phenols is 1. The van der Waals surface area contributed by atoms with E-state index < -0.39 is 0 Å². The summed E-state index contributed by atoms with van der Waals surface area (Å²) in [5.41, 5.74) is 5.41. The van der Waals surface area contributed by atoms with Gasteiger partial charge in [0.1, 0.15) is 5.75 Å². The highest BCUT2D eigenvalue weighted by Gasteiger charge is 2.49. The van der Waals surface area contributed by atoms with Crippen LogP contribution in [0.4, 0.5) is 5.69 Å². The summed E-state index contributed by atoms with van der Waals surface area (Å²) in [7, 11) is 0. The Morgan fingerprint density at radius 3 is 2.93 bits per heavy atom. The summed E-state index contributed by atoms with van der Waals surface area (Å²) in [5, 5.41) is 9.98. The molecule has 3 atom stereocenters. The number of phenolic OH excluding ortho intramolecular Hbond substituents is 1. The topological polar surface area (TPSA) is 52.9 Å². The first-order chi connectivity index (χ1) is 13.0. The Bertz CT molecular complexity index is 980. The number of rotatable bonds is 1. The third-order valence-corrected chi connectivity index (χ3v) is 7.12. The lowest BCUT2D eigenvalue weighted by Crippen LogP contribution is -2.59. The average molecular weight is 360 g/mol. The van der Waals surface area contributed by atoms with Crippen LogP contribution < -0.4 is 0 Å². The molecule has 2 aromatic rings. The van der Waals surface area contributed by atoms with Crippen molar-refractivity contribution in [3.63, 3.8) is 0 Å². The fraction of sp³-hybridized carbons (Fsp3) is 0.391. The van der Waals surface area contributed by atoms with Crippen LogP contribution in [0.2, 0.25) is 0 Å². The molecule has 1 aliphatic carbocycles. The van der Waals surface area contributed by atoms with Crippen molar-refractivity contribution < 1.29 is 9.90 Å². The van der Waals surface area contributed by atoms with E-state index in [1.807, 2.05) is 36.5 Å². The summed E-state index contributed by atoms with van der Waals surface area (Å²) in [6.45, 7) is 5.30. The first kappa shape index (κ1) is 16.5. The number of likely N-dealkylation sites (tertiary alicyclic amines) is 1. The molecular formula is C23H24N2O2. The van der Waals surface area contributed by atoms with Gasteiger partial charge < -0.3 is 10.0 Å². The number of piperidine rings is 1. The Kier molecular flexibility index (Phi) is 3.48. The maximum Gasteiger partial charge on any atom is 0.254 e. The van der Waals surface area contributed by atoms with Crippen molar-refractivity contribution in [3.05, 3.63) is 58.7 Å². The van der Waals surface area contributed by atoms with Gasteiger partial charge >= 0.3 is 0 Å². The van der Waals surface area contributed by atoms with Gasteiger partial charge in [0.15, 0.2) is 0 Å². The molecule has 0 saturated carbocycles. The minimum atomic E-state index is -0.000451. The molecule has 1 amide bonds. The van der Waals surface area contributed by atoms with Gasteiger partial charge in [-0.15, -0.1) is 0 Å². The lowest BCUT2D eigenvalue weighted by Gasteiger charge is -2.54. The Balaban J connectivity index is 1.50. The zero-order valence-electron chi connectivity index (χ0n) is 15.8. The molecule has 0 aromatic heterocycles. The van der Waals surface area contributed by atoms with Crippen molar-refractivity contribution in [2.75, 3.05) is 6.54 Å². The van der Waals surface area contributed by atoms with Gasteiger partial charge in [-0.2, -0.15) is 0 Å². The van der Waals surface area contributed by atoms with Crippen LogP contribution >= 0.6 is 0 Å². The van der Waals surface area contributed by atoms with E-state index >= 15 is 0 Å². The van der Waals surface area contributed by atoms with Gasteiger partial charge in [-0.05, 0) is 71.2 Å². The normalized spacial score (nSPS) is 28.0. The predicted molar refractivity (Wildman–Crippen MR) is 106 cm³/mol. The molecule has 5 rings (SSSR count). The zero-order chi connectivity index (χ0) is 18.8. The molecule has 1 saturated heterocycles. The molecule has 0 spiro atoms. The molecule has 4 nitrogen and oxygen atoms in total. The number of aromatic hydroxyl groups is 1. The highest BCUT2D eigenvalue weighted by Crippen LogP contribution is 2.49. The third kappa shape index (κ3) is 2.35. The van der Waals surface area contributed by atoms with Gasteiger partial charge in [-0.25, -0.2) is 0 Å². The molecule has 0 unspecified atom stereocenters. The lowest BCUT2D eigenvalue weighted by molar-refractivity contribution is 0.0250. The van der Waals surface area contributed by atoms with E-state index in [0.717, 1.165) is 42.6 Å². The van der Waals surface area contributed by atoms with E-state index in [9.17, 15) is 9.90 Å². The number of benzene rings is 2. The minimum Gasteiger partial charge on any atom is -0.508 e. The third-order valence-electron chi connectivity index (χ3n) is 7.12. The van der Waals surface area contributed by atoms with E-state index in [0.29, 0.717) is 11.7 Å². The van der Waals surface area contributed by atoms with Crippen molar-refractivity contribution in [1.29, 1.82) is 0 Å². The number of fused-ring (bicyclic) bond motifs is 5. The van der Waals surface area contributed by atoms with Crippen LogP contribution in [0.1, 0.15) is 47.3 Å². The molecule has 4 heteroatoms. The molecule has 2 aliphatic heterocycles. The number of aliphatic imine (C=N–C) groups is 1. The highest BCUT2D eigenvalue weighted by atomic mass is 16.3. The summed E-state index contributed by atoms with van der Waals surface area (Å²) in [5.74, 6) is 0.813. The molecule has 0 radical (unpaired) electrons. The van der Waals surface area contributed by atoms with Crippen LogP contribution in [-0.4, -0.2) is 34.7 Å². The summed E-state index contributed by atoms with van der Waals surface area (Å²) < 4.78 is 0. The number of carbonyl (C=O) groups excluding carboxylic acids is 1. The first-order valence-electron chi connectivity index (χ1n) is 9.76. The number of nitrogens with zero attached hydrogens (tertiary/aromatic N) is 2. The van der Waals surface area contributed by atoms with Crippen molar-refractivity contribution >= 4 is 17.8 Å². The Morgan fingerprint density at radius 2 is 2.07 bits per heavy atom. The number of carbonyl (C=O) groups is 1. The van der Waals surface area contributed by atoms with Crippen molar-refractivity contribution in [2.24, 2.45) is 10.9 Å². The van der Waals surface area contributed by atoms with E-state index in [1.165, 1.54) is 11.1 Å². The molecule has 2 heterocycles. The van der Waals surface area contributed by atoms with Gasteiger partial charge in [-0.1, -0.05) is 19.9 Å². The van der Waals surface area contributed by atoms with Gasteiger partial charge in [0, 0.05) is 30.8 Å². The maximum atomic E-state index is 13.4. The van der Waals surface area contributed by atoms with Gasteiger partial charge in [0.05, 0.1) is 5.69 Å². The lowest BCUT2D eigenvalue weighted by atomic mass is 9.59. The molecule has 1 fully saturated rings. The molecular weight excluding hydrogens is 336 g/mol. The minimum absolute atomic E-state index is 0.000451. The van der Waals surface area contributed by atoms with Crippen LogP contribution in [0, 0.1) is 5.92 Å². The number of hydrogen-bond donors (Lipinski definition) is 1. The van der Waals surface area contributed by atoms with Crippen LogP contribution in [0.5, 0.6) is 5.75 Å². The Hall–Kier alpha value is -2.62. The largest absolute Gasteiger partial charge is 0.508 e. The van der Waals surface area contributed by atoms with Crippen molar-refractivity contribution in [2.45, 2.75) is 44.6 Å². The van der Waals surface area contributed by atoms with Crippen LogP contribution in [0.25, 0.3) is 0 Å². The monoisotopic (exact) mass is 360 g/mol. The fourth-order valence-corrected chi connectivity index (χ4v) is 5.28. The fourth-order valence-electron chi connectivity index (χ4n) is 5.28. The molecule has 3 aliphatic rings. The van der Waals surface area contributed by atoms with E-state index in [2.05, 4.69) is 23.7 Å². The zero-order valence-corrected chi connectivity index (χ0v) is 15.8. The van der Waals surface area contributed by atoms with Crippen molar-refractivity contribution in [3.8, 4) is 5.75 Å². The summed E-state index contributed by atoms with van der Waals surface area (Å²) in [6, 6.07) is 11.8. The number of amides is 1. The summed E-state index contributed by atoms with van der Waals surface area (Å²) in [4.78, 5) is 19.8. The Labute approximate surface area is 159 Å². The van der Waals surface area contributed by atoms with Gasteiger partial charge in [-0.3, -0.25) is 9.79 Å². The number of hydrogen-bond acceptors (Lipinski definition) is 3. The van der Waals surface area contributed by atoms with E-state index in [4.69, 9.17) is 0 Å². The smallest absolute Gasteiger partial charge is 0.254 e. The molecule has 138 valence electrons. The molecule has 27 heavy (non-hydrogen) atoms. The second kappa shape index (κ2) is 5.69. The second-order valence-corrected chi connectivity index (χ2v) is 8.43. The quantitative estimate of drug-likeness (QED) is 0.835. The van der Waals surface area contributed by atoms with Gasteiger partial charge in [0.25, 0.3) is 5.91 Å². The average Bonchev–Trinajstić information content (AvgIpc) is 3.13. The van der Waals surface area contributed by atoms with Crippen LogP contribution in [-0.2, 0) is 18.3 Å². The Morgan fingerprint density at radius 1 is 1.22 bits per heavy atom. The van der Waals surface area contributed by atoms with Crippen LogP contribution in [0.3, 0.4) is 0 Å². The standard InChI is InChI=1S/C23H24N2O2/c1-14-21-12-15-3-5-18(26)13-19(15)23(14,2)8-10-25(21)22(27)17-4-6-20-16(11-17)7-9-24-20/h3-6,9,11,13-14,21,26H,7-8,10,12H2,1-2H3/t14-,21+,23+/m1/s1. The van der Waals surface area contributed by atoms with Crippen molar-refractivity contribution in [1.82, 2.24) is 4.90 Å². The summed E-state index contributed by atoms with van der Waals surface area (Å²) >= 11 is 0. The van der Waals surface area contributed by atoms with E-state index in [1.54, 1.807) is 6.07 Å². The SMILES string of the molecule is C[C@@H]1[C@@H]2Cc3ccc(O)cc3[C@@]1(C)CCN2C(=O)c1ccc2c(c1)CC=N2. The van der Waals surface area contributed by atoms with Crippen LogP contribution in [0.15, 0.2) is 41.4 Å². The second-order valence-electron chi connectivity index (χ2n) is 8.43. The molecule has 2 bridgehead atoms.